The van der Waals surface area contributed by atoms with Crippen molar-refractivity contribution in [1.82, 2.24) is 24.0 Å². The van der Waals surface area contributed by atoms with Crippen LogP contribution in [0.2, 0.25) is 0 Å². The van der Waals surface area contributed by atoms with Gasteiger partial charge < -0.3 is 9.47 Å². The number of carbonyl (C=O) groups excluding carboxylic acids is 1. The Kier molecular flexibility index (Phi) is 7.32. The van der Waals surface area contributed by atoms with Gasteiger partial charge in [0.05, 0.1) is 5.75 Å². The Morgan fingerprint density at radius 3 is 2.40 bits per heavy atom. The molecule has 1 fully saturated rings. The fraction of sp³-hybridized carbons (Fsp3) is 0.450. The van der Waals surface area contributed by atoms with Crippen LogP contribution >= 0.6 is 11.8 Å². The SMILES string of the molecule is CC(C)c1nnc(SCC(=O)N2CCN(S(=O)(=O)/C=C/c3ccccc3)CC2)n1C. The molecule has 1 aromatic heterocycles. The average Bonchev–Trinajstić information content (AvgIpc) is 3.12. The minimum Gasteiger partial charge on any atom is -0.339 e. The van der Waals surface area contributed by atoms with Crippen molar-refractivity contribution in [2.75, 3.05) is 31.9 Å². The third-order valence-electron chi connectivity index (χ3n) is 4.89. The monoisotopic (exact) mass is 449 g/mol. The molecule has 8 nitrogen and oxygen atoms in total. The van der Waals surface area contributed by atoms with E-state index in [1.807, 2.05) is 55.8 Å². The van der Waals surface area contributed by atoms with Crippen molar-refractivity contribution in [3.63, 3.8) is 0 Å². The van der Waals surface area contributed by atoms with Crippen LogP contribution in [0.5, 0.6) is 0 Å². The number of benzene rings is 1. The highest BCUT2D eigenvalue weighted by Gasteiger charge is 2.27. The van der Waals surface area contributed by atoms with Gasteiger partial charge in [0.2, 0.25) is 15.9 Å². The van der Waals surface area contributed by atoms with Crippen LogP contribution in [-0.4, -0.2) is 70.2 Å². The minimum atomic E-state index is -3.51. The number of carbonyl (C=O) groups is 1. The second-order valence-electron chi connectivity index (χ2n) is 7.38. The zero-order valence-electron chi connectivity index (χ0n) is 17.4. The Labute approximate surface area is 182 Å². The summed E-state index contributed by atoms with van der Waals surface area (Å²) in [5.74, 6) is 1.38. The van der Waals surface area contributed by atoms with Crippen molar-refractivity contribution < 1.29 is 13.2 Å². The Morgan fingerprint density at radius 2 is 1.80 bits per heavy atom. The zero-order chi connectivity index (χ0) is 21.7. The maximum Gasteiger partial charge on any atom is 0.236 e. The molecule has 2 heterocycles. The number of thioether (sulfide) groups is 1. The summed E-state index contributed by atoms with van der Waals surface area (Å²) in [5, 5.41) is 10.3. The van der Waals surface area contributed by atoms with Crippen LogP contribution < -0.4 is 0 Å². The van der Waals surface area contributed by atoms with E-state index in [9.17, 15) is 13.2 Å². The smallest absolute Gasteiger partial charge is 0.236 e. The Hall–Kier alpha value is -2.17. The lowest BCUT2D eigenvalue weighted by Crippen LogP contribution is -2.50. The largest absolute Gasteiger partial charge is 0.339 e. The maximum atomic E-state index is 12.6. The van der Waals surface area contributed by atoms with Gasteiger partial charge in [-0.1, -0.05) is 55.9 Å². The molecule has 2 aromatic rings. The summed E-state index contributed by atoms with van der Waals surface area (Å²) in [6.07, 6.45) is 1.59. The molecular formula is C20H27N5O3S2. The highest BCUT2D eigenvalue weighted by atomic mass is 32.2. The van der Waals surface area contributed by atoms with Gasteiger partial charge in [-0.3, -0.25) is 4.79 Å². The summed E-state index contributed by atoms with van der Waals surface area (Å²) in [4.78, 5) is 14.3. The van der Waals surface area contributed by atoms with Gasteiger partial charge in [-0.05, 0) is 11.6 Å². The molecule has 0 unspecified atom stereocenters. The molecule has 0 radical (unpaired) electrons. The van der Waals surface area contributed by atoms with E-state index in [0.29, 0.717) is 31.3 Å². The number of sulfonamides is 1. The predicted molar refractivity (Wildman–Crippen MR) is 118 cm³/mol. The Bertz CT molecular complexity index is 995. The molecule has 10 heteroatoms. The van der Waals surface area contributed by atoms with E-state index < -0.39 is 10.0 Å². The van der Waals surface area contributed by atoms with E-state index in [-0.39, 0.29) is 17.6 Å². The highest BCUT2D eigenvalue weighted by molar-refractivity contribution is 7.99. The molecule has 0 aliphatic carbocycles. The fourth-order valence-corrected chi connectivity index (χ4v) is 5.17. The van der Waals surface area contributed by atoms with Crippen LogP contribution in [0, 0.1) is 0 Å². The van der Waals surface area contributed by atoms with E-state index in [2.05, 4.69) is 10.2 Å². The van der Waals surface area contributed by atoms with E-state index in [1.54, 1.807) is 11.0 Å². The van der Waals surface area contributed by atoms with Crippen LogP contribution in [0.25, 0.3) is 6.08 Å². The van der Waals surface area contributed by atoms with Gasteiger partial charge in [0.15, 0.2) is 5.16 Å². The summed E-state index contributed by atoms with van der Waals surface area (Å²) >= 11 is 1.35. The fourth-order valence-electron chi connectivity index (χ4n) is 3.18. The molecule has 1 saturated heterocycles. The number of nitrogens with zero attached hydrogens (tertiary/aromatic N) is 5. The topological polar surface area (TPSA) is 88.4 Å². The van der Waals surface area contributed by atoms with Crippen molar-refractivity contribution in [2.45, 2.75) is 24.9 Å². The van der Waals surface area contributed by atoms with Gasteiger partial charge in [0, 0.05) is 44.6 Å². The number of piperazine rings is 1. The lowest BCUT2D eigenvalue weighted by Gasteiger charge is -2.33. The van der Waals surface area contributed by atoms with Crippen molar-refractivity contribution >= 4 is 33.8 Å². The second kappa shape index (κ2) is 9.76. The number of amides is 1. The Balaban J connectivity index is 1.51. The number of hydrogen-bond donors (Lipinski definition) is 0. The molecular weight excluding hydrogens is 422 g/mol. The molecule has 1 aromatic carbocycles. The first kappa shape index (κ1) is 22.5. The quantitative estimate of drug-likeness (QED) is 0.602. The van der Waals surface area contributed by atoms with Crippen LogP contribution in [-0.2, 0) is 21.9 Å². The van der Waals surface area contributed by atoms with Gasteiger partial charge >= 0.3 is 0 Å². The van der Waals surface area contributed by atoms with Crippen molar-refractivity contribution in [2.24, 2.45) is 7.05 Å². The molecule has 3 rings (SSSR count). The molecule has 0 bridgehead atoms. The standard InChI is InChI=1S/C20H27N5O3S2/c1-16(2)19-21-22-20(23(19)3)29-15-18(26)24-10-12-25(13-11-24)30(27,28)14-9-17-7-5-4-6-8-17/h4-9,14,16H,10-13,15H2,1-3H3/b14-9+. The normalized spacial score (nSPS) is 15.9. The minimum absolute atomic E-state index is 0.0222. The molecule has 1 amide bonds. The summed E-state index contributed by atoms with van der Waals surface area (Å²) in [6.45, 7) is 5.44. The molecule has 1 aliphatic rings. The molecule has 0 atom stereocenters. The van der Waals surface area contributed by atoms with Crippen LogP contribution in [0.3, 0.4) is 0 Å². The van der Waals surface area contributed by atoms with Crippen molar-refractivity contribution in [3.05, 3.63) is 47.1 Å². The molecule has 0 N–H and O–H groups in total. The summed E-state index contributed by atoms with van der Waals surface area (Å²) in [5.41, 5.74) is 0.830. The lowest BCUT2D eigenvalue weighted by atomic mass is 10.2. The molecule has 0 spiro atoms. The van der Waals surface area contributed by atoms with Crippen molar-refractivity contribution in [3.8, 4) is 0 Å². The predicted octanol–water partition coefficient (Wildman–Crippen LogP) is 2.18. The Morgan fingerprint density at radius 1 is 1.13 bits per heavy atom. The van der Waals surface area contributed by atoms with Crippen LogP contribution in [0.1, 0.15) is 31.2 Å². The summed E-state index contributed by atoms with van der Waals surface area (Å²) in [6, 6.07) is 9.30. The first-order chi connectivity index (χ1) is 14.3. The first-order valence-corrected chi connectivity index (χ1v) is 12.3. The third kappa shape index (κ3) is 5.50. The van der Waals surface area contributed by atoms with Gasteiger partial charge in [-0.15, -0.1) is 10.2 Å². The van der Waals surface area contributed by atoms with E-state index >= 15 is 0 Å². The first-order valence-electron chi connectivity index (χ1n) is 9.81. The van der Waals surface area contributed by atoms with Gasteiger partial charge in [0.1, 0.15) is 5.82 Å². The number of aromatic nitrogens is 3. The zero-order valence-corrected chi connectivity index (χ0v) is 19.1. The average molecular weight is 450 g/mol. The molecule has 162 valence electrons. The molecule has 0 saturated carbocycles. The van der Waals surface area contributed by atoms with E-state index in [0.717, 1.165) is 11.4 Å². The van der Waals surface area contributed by atoms with E-state index in [1.165, 1.54) is 21.5 Å². The van der Waals surface area contributed by atoms with Gasteiger partial charge in [-0.2, -0.15) is 4.31 Å². The third-order valence-corrected chi connectivity index (χ3v) is 7.46. The molecule has 30 heavy (non-hydrogen) atoms. The second-order valence-corrected chi connectivity index (χ2v) is 10.1. The van der Waals surface area contributed by atoms with Crippen LogP contribution in [0.4, 0.5) is 0 Å². The number of rotatable bonds is 7. The summed E-state index contributed by atoms with van der Waals surface area (Å²) in [7, 11) is -1.61. The van der Waals surface area contributed by atoms with Gasteiger partial charge in [-0.25, -0.2) is 8.42 Å². The molecule has 1 aliphatic heterocycles. The summed E-state index contributed by atoms with van der Waals surface area (Å²) < 4.78 is 28.4. The number of hydrogen-bond acceptors (Lipinski definition) is 6. The van der Waals surface area contributed by atoms with Gasteiger partial charge in [0.25, 0.3) is 0 Å². The maximum absolute atomic E-state index is 12.6. The lowest BCUT2D eigenvalue weighted by molar-refractivity contribution is -0.129. The van der Waals surface area contributed by atoms with Crippen LogP contribution in [0.15, 0.2) is 40.9 Å². The van der Waals surface area contributed by atoms with Crippen molar-refractivity contribution in [1.29, 1.82) is 0 Å². The van der Waals surface area contributed by atoms with E-state index in [4.69, 9.17) is 0 Å². The highest BCUT2D eigenvalue weighted by Crippen LogP contribution is 2.20.